The van der Waals surface area contributed by atoms with Crippen molar-refractivity contribution < 1.29 is 24.2 Å². The van der Waals surface area contributed by atoms with Crippen LogP contribution in [0, 0.1) is 13.8 Å². The van der Waals surface area contributed by atoms with E-state index in [9.17, 15) is 14.7 Å². The molecule has 1 atom stereocenters. The summed E-state index contributed by atoms with van der Waals surface area (Å²) < 4.78 is 14.1. The van der Waals surface area contributed by atoms with E-state index in [1.807, 2.05) is 66.9 Å². The predicted molar refractivity (Wildman–Crippen MR) is 179 cm³/mol. The number of rotatable bonds is 11. The van der Waals surface area contributed by atoms with E-state index in [0.717, 1.165) is 24.0 Å². The van der Waals surface area contributed by atoms with Gasteiger partial charge in [-0.15, -0.1) is 10.2 Å². The molecule has 0 bridgehead atoms. The highest BCUT2D eigenvalue weighted by Crippen LogP contribution is 2.46. The summed E-state index contributed by atoms with van der Waals surface area (Å²) in [5.41, 5.74) is 3.97. The van der Waals surface area contributed by atoms with E-state index in [1.54, 1.807) is 18.2 Å². The van der Waals surface area contributed by atoms with Gasteiger partial charge in [-0.1, -0.05) is 78.9 Å². The third kappa shape index (κ3) is 5.85. The van der Waals surface area contributed by atoms with E-state index >= 15 is 0 Å². The minimum absolute atomic E-state index is 0.0930. The molecule has 5 aromatic rings. The third-order valence-corrected chi connectivity index (χ3v) is 9.95. The third-order valence-electron chi connectivity index (χ3n) is 7.82. The Kier molecular flexibility index (Phi) is 9.09. The van der Waals surface area contributed by atoms with E-state index in [4.69, 9.17) is 9.47 Å². The van der Waals surface area contributed by atoms with Crippen LogP contribution in [0.1, 0.15) is 53.9 Å². The molecule has 12 heteroatoms. The lowest BCUT2D eigenvalue weighted by molar-refractivity contribution is -0.132. The fourth-order valence-corrected chi connectivity index (χ4v) is 7.22. The average molecular weight is 656 g/mol. The number of pyridine rings is 1. The molecule has 1 fully saturated rings. The molecular formula is C34H33N5O5S2. The number of ketones is 1. The molecule has 1 unspecified atom stereocenters. The number of imidazole rings is 1. The van der Waals surface area contributed by atoms with Gasteiger partial charge < -0.3 is 19.0 Å². The van der Waals surface area contributed by atoms with Gasteiger partial charge in [0.05, 0.1) is 31.0 Å². The van der Waals surface area contributed by atoms with Crippen LogP contribution in [0.3, 0.4) is 0 Å². The Morgan fingerprint density at radius 3 is 2.59 bits per heavy atom. The molecule has 2 aromatic carbocycles. The van der Waals surface area contributed by atoms with E-state index in [2.05, 4.69) is 22.1 Å². The first-order valence-corrected chi connectivity index (χ1v) is 16.7. The van der Waals surface area contributed by atoms with E-state index in [0.29, 0.717) is 45.1 Å². The fourth-order valence-electron chi connectivity index (χ4n) is 5.40. The highest BCUT2D eigenvalue weighted by atomic mass is 32.2. The van der Waals surface area contributed by atoms with Crippen LogP contribution >= 0.6 is 23.1 Å². The molecule has 1 amide bonds. The number of benzene rings is 2. The van der Waals surface area contributed by atoms with Crippen molar-refractivity contribution in [3.63, 3.8) is 0 Å². The molecule has 0 aliphatic carbocycles. The summed E-state index contributed by atoms with van der Waals surface area (Å²) in [6.45, 7) is 6.33. The number of aliphatic hydroxyl groups excluding tert-OH is 1. The van der Waals surface area contributed by atoms with Crippen molar-refractivity contribution in [3.05, 3.63) is 101 Å². The molecule has 10 nitrogen and oxygen atoms in total. The lowest BCUT2D eigenvalue weighted by Gasteiger charge is -2.23. The minimum atomic E-state index is -1.02. The van der Waals surface area contributed by atoms with Crippen molar-refractivity contribution in [1.82, 2.24) is 19.6 Å². The van der Waals surface area contributed by atoms with Crippen molar-refractivity contribution >= 4 is 51.3 Å². The van der Waals surface area contributed by atoms with Gasteiger partial charge in [0.2, 0.25) is 5.13 Å². The second kappa shape index (κ2) is 13.4. The van der Waals surface area contributed by atoms with Crippen molar-refractivity contribution in [1.29, 1.82) is 0 Å². The van der Waals surface area contributed by atoms with Crippen LogP contribution in [0.5, 0.6) is 11.5 Å². The molecule has 1 N–H and O–H groups in total. The van der Waals surface area contributed by atoms with Gasteiger partial charge in [0.1, 0.15) is 11.3 Å². The number of fused-ring (bicyclic) bond motifs is 1. The van der Waals surface area contributed by atoms with Crippen LogP contribution < -0.4 is 14.4 Å². The zero-order valence-electron chi connectivity index (χ0n) is 25.9. The van der Waals surface area contributed by atoms with Gasteiger partial charge in [-0.3, -0.25) is 14.5 Å². The summed E-state index contributed by atoms with van der Waals surface area (Å²) in [6.07, 6.45) is 3.70. The minimum Gasteiger partial charge on any atom is -0.505 e. The summed E-state index contributed by atoms with van der Waals surface area (Å²) in [4.78, 5) is 33.7. The lowest BCUT2D eigenvalue weighted by atomic mass is 9.96. The molecule has 1 aliphatic heterocycles. The molecular weight excluding hydrogens is 623 g/mol. The number of carbonyl (C=O) groups excluding carboxylic acids is 2. The molecule has 0 saturated carbocycles. The highest BCUT2D eigenvalue weighted by molar-refractivity contribution is 8.00. The Balaban J connectivity index is 1.46. The van der Waals surface area contributed by atoms with Crippen LogP contribution in [0.4, 0.5) is 5.13 Å². The first-order valence-electron chi connectivity index (χ1n) is 14.9. The fraction of sp³-hybridized carbons (Fsp3) is 0.265. The van der Waals surface area contributed by atoms with E-state index < -0.39 is 17.7 Å². The van der Waals surface area contributed by atoms with Crippen molar-refractivity contribution in [3.8, 4) is 11.5 Å². The molecule has 0 radical (unpaired) electrons. The highest BCUT2D eigenvalue weighted by Gasteiger charge is 2.49. The number of aliphatic hydroxyl groups is 1. The second-order valence-corrected chi connectivity index (χ2v) is 13.0. The number of carbonyl (C=O) groups is 2. The monoisotopic (exact) mass is 655 g/mol. The van der Waals surface area contributed by atoms with Gasteiger partial charge in [0.25, 0.3) is 5.78 Å². The van der Waals surface area contributed by atoms with Gasteiger partial charge in [-0.25, -0.2) is 4.98 Å². The molecule has 1 aliphatic rings. The number of ether oxygens (including phenoxy) is 2. The van der Waals surface area contributed by atoms with Gasteiger partial charge in [0, 0.05) is 11.9 Å². The SMILES string of the molecule is CCCCOc1ccc(C2/C(=C(\O)c3nc4c(C)cccn4c3C)C(=O)C(=O)N2c2nnc(SCc3ccccc3)s2)cc1OC. The van der Waals surface area contributed by atoms with Gasteiger partial charge in [-0.05, 0) is 55.2 Å². The number of thioether (sulfide) groups is 1. The quantitative estimate of drug-likeness (QED) is 0.0404. The Hall–Kier alpha value is -4.68. The number of methoxy groups -OCH3 is 1. The predicted octanol–water partition coefficient (Wildman–Crippen LogP) is 6.91. The summed E-state index contributed by atoms with van der Waals surface area (Å²) in [5.74, 6) is -0.374. The number of anilines is 1. The maximum atomic E-state index is 13.8. The number of aryl methyl sites for hydroxylation is 2. The summed E-state index contributed by atoms with van der Waals surface area (Å²) in [5, 5.41) is 20.7. The molecule has 4 heterocycles. The standard InChI is InChI=1S/C34H33N5O5S2/c1-5-6-17-44-24-15-14-23(18-25(24)43-4)28-26(29(40)27-21(3)38-16-10-11-20(2)31(38)35-27)30(41)32(42)39(28)33-36-37-34(46-33)45-19-22-12-8-7-9-13-22/h7-16,18,28,40H,5-6,17,19H2,1-4H3/b29-26+. The largest absolute Gasteiger partial charge is 0.505 e. The number of hydrogen-bond acceptors (Lipinski definition) is 10. The summed E-state index contributed by atoms with van der Waals surface area (Å²) in [6, 6.07) is 18.0. The van der Waals surface area contributed by atoms with Crippen LogP contribution in [-0.4, -0.2) is 50.1 Å². The van der Waals surface area contributed by atoms with Crippen molar-refractivity contribution in [2.24, 2.45) is 0 Å². The second-order valence-electron chi connectivity index (χ2n) is 10.8. The Morgan fingerprint density at radius 1 is 1.04 bits per heavy atom. The Bertz CT molecular complexity index is 1950. The maximum absolute atomic E-state index is 13.8. The van der Waals surface area contributed by atoms with E-state index in [-0.39, 0.29) is 22.2 Å². The molecule has 1 saturated heterocycles. The van der Waals surface area contributed by atoms with Crippen LogP contribution in [0.15, 0.2) is 76.8 Å². The molecule has 236 valence electrons. The first-order chi connectivity index (χ1) is 22.3. The average Bonchev–Trinajstić information content (AvgIpc) is 3.75. The number of unbranched alkanes of at least 4 members (excludes halogenated alkanes) is 1. The van der Waals surface area contributed by atoms with Crippen LogP contribution in [0.25, 0.3) is 11.4 Å². The molecule has 3 aromatic heterocycles. The zero-order chi connectivity index (χ0) is 32.4. The Morgan fingerprint density at radius 2 is 1.85 bits per heavy atom. The van der Waals surface area contributed by atoms with Crippen molar-refractivity contribution in [2.75, 3.05) is 18.6 Å². The van der Waals surface area contributed by atoms with Gasteiger partial charge >= 0.3 is 5.91 Å². The first kappa shape index (κ1) is 31.3. The normalized spacial score (nSPS) is 16.0. The summed E-state index contributed by atoms with van der Waals surface area (Å²) >= 11 is 2.70. The van der Waals surface area contributed by atoms with E-state index in [1.165, 1.54) is 35.1 Å². The maximum Gasteiger partial charge on any atom is 0.301 e. The van der Waals surface area contributed by atoms with Gasteiger partial charge in [-0.2, -0.15) is 0 Å². The molecule has 46 heavy (non-hydrogen) atoms. The molecule has 6 rings (SSSR count). The Labute approximate surface area is 274 Å². The number of aromatic nitrogens is 4. The topological polar surface area (TPSA) is 119 Å². The number of nitrogens with zero attached hydrogens (tertiary/aromatic N) is 5. The number of amides is 1. The van der Waals surface area contributed by atoms with Crippen LogP contribution in [-0.2, 0) is 15.3 Å². The smallest absolute Gasteiger partial charge is 0.301 e. The van der Waals surface area contributed by atoms with Crippen LogP contribution in [0.2, 0.25) is 0 Å². The number of Topliss-reactive ketones (excluding diaryl/α,β-unsaturated/α-hetero) is 1. The van der Waals surface area contributed by atoms with Crippen molar-refractivity contribution in [2.45, 2.75) is 49.7 Å². The summed E-state index contributed by atoms with van der Waals surface area (Å²) in [7, 11) is 1.53. The molecule has 0 spiro atoms. The zero-order valence-corrected chi connectivity index (χ0v) is 27.5. The van der Waals surface area contributed by atoms with Gasteiger partial charge in [0.15, 0.2) is 21.6 Å². The lowest BCUT2D eigenvalue weighted by Crippen LogP contribution is -2.29. The number of hydrogen-bond donors (Lipinski definition) is 1.